The van der Waals surface area contributed by atoms with E-state index >= 15 is 0 Å². The Morgan fingerprint density at radius 2 is 1.03 bits per heavy atom. The summed E-state index contributed by atoms with van der Waals surface area (Å²) in [7, 11) is 0. The van der Waals surface area contributed by atoms with Crippen LogP contribution in [0.5, 0.6) is 0 Å². The Kier molecular flexibility index (Phi) is 6.18. The molecule has 2 aromatic rings. The zero-order valence-electron chi connectivity index (χ0n) is 19.0. The first kappa shape index (κ1) is 22.3. The number of carbonyl (C=O) groups excluding carboxylic acids is 3. The maximum Gasteiger partial charge on any atom is 0.222 e. The van der Waals surface area contributed by atoms with Crippen LogP contribution in [0.3, 0.4) is 0 Å². The fourth-order valence-corrected chi connectivity index (χ4v) is 5.50. The summed E-state index contributed by atoms with van der Waals surface area (Å²) < 4.78 is 0. The van der Waals surface area contributed by atoms with E-state index < -0.39 is 10.8 Å². The van der Waals surface area contributed by atoms with Crippen LogP contribution in [0.4, 0.5) is 0 Å². The Hall–Kier alpha value is -2.95. The Morgan fingerprint density at radius 1 is 0.688 bits per heavy atom. The molecule has 0 saturated carbocycles. The molecule has 4 rings (SSSR count). The normalized spacial score (nSPS) is 25.0. The molecule has 32 heavy (non-hydrogen) atoms. The predicted molar refractivity (Wildman–Crippen MR) is 124 cm³/mol. The van der Waals surface area contributed by atoms with Gasteiger partial charge in [0.25, 0.3) is 0 Å². The molecular weight excluding hydrogens is 400 g/mol. The number of Topliss-reactive ketones (excluding diaryl/α,β-unsaturated/α-hetero) is 1. The average molecular weight is 433 g/mol. The number of benzene rings is 2. The molecule has 2 aliphatic rings. The fourth-order valence-electron chi connectivity index (χ4n) is 5.50. The molecule has 2 bridgehead atoms. The molecule has 0 unspecified atom stereocenters. The van der Waals surface area contributed by atoms with Crippen molar-refractivity contribution < 1.29 is 14.4 Å². The summed E-state index contributed by atoms with van der Waals surface area (Å²) in [6.07, 6.45) is 2.45. The maximum atomic E-state index is 14.4. The molecule has 5 nitrogen and oxygen atoms in total. The van der Waals surface area contributed by atoms with Crippen molar-refractivity contribution in [3.05, 3.63) is 71.8 Å². The van der Waals surface area contributed by atoms with Gasteiger partial charge in [-0.2, -0.15) is 0 Å². The third kappa shape index (κ3) is 3.64. The van der Waals surface area contributed by atoms with Crippen molar-refractivity contribution in [2.75, 3.05) is 26.2 Å². The number of ketones is 1. The molecule has 0 spiro atoms. The lowest BCUT2D eigenvalue weighted by atomic mass is 9.57. The van der Waals surface area contributed by atoms with E-state index in [1.165, 1.54) is 0 Å². The minimum Gasteiger partial charge on any atom is -0.340 e. The molecule has 5 heteroatoms. The van der Waals surface area contributed by atoms with Crippen LogP contribution in [0.2, 0.25) is 0 Å². The first-order chi connectivity index (χ1) is 15.5. The smallest absolute Gasteiger partial charge is 0.222 e. The fraction of sp³-hybridized carbons (Fsp3) is 0.444. The molecule has 0 atom stereocenters. The highest BCUT2D eigenvalue weighted by molar-refractivity contribution is 6.03. The summed E-state index contributed by atoms with van der Waals surface area (Å²) in [6, 6.07) is 19.5. The van der Waals surface area contributed by atoms with E-state index in [4.69, 9.17) is 0 Å². The van der Waals surface area contributed by atoms with E-state index in [0.29, 0.717) is 39.0 Å². The summed E-state index contributed by atoms with van der Waals surface area (Å²) in [4.78, 5) is 44.5. The molecule has 2 aromatic carbocycles. The Labute approximate surface area is 190 Å². The Morgan fingerprint density at radius 3 is 1.34 bits per heavy atom. The van der Waals surface area contributed by atoms with Gasteiger partial charge in [0, 0.05) is 39.0 Å². The van der Waals surface area contributed by atoms with Crippen molar-refractivity contribution in [1.82, 2.24) is 9.80 Å². The topological polar surface area (TPSA) is 57.7 Å². The monoisotopic (exact) mass is 432 g/mol. The number of nitrogens with zero attached hydrogens (tertiary/aromatic N) is 2. The average Bonchev–Trinajstić information content (AvgIpc) is 2.81. The van der Waals surface area contributed by atoms with Crippen LogP contribution in [0.25, 0.3) is 0 Å². The van der Waals surface area contributed by atoms with Crippen molar-refractivity contribution in [1.29, 1.82) is 0 Å². The second kappa shape index (κ2) is 8.89. The number of hydrogen-bond acceptors (Lipinski definition) is 3. The molecule has 0 aliphatic carbocycles. The van der Waals surface area contributed by atoms with Gasteiger partial charge in [0.15, 0.2) is 5.78 Å². The zero-order valence-corrected chi connectivity index (χ0v) is 19.0. The van der Waals surface area contributed by atoms with Crippen molar-refractivity contribution in [2.45, 2.75) is 50.4 Å². The van der Waals surface area contributed by atoms with Gasteiger partial charge in [0.1, 0.15) is 0 Å². The number of piperidine rings is 2. The number of rotatable bonds is 6. The summed E-state index contributed by atoms with van der Waals surface area (Å²) in [6.45, 7) is 5.27. The molecule has 168 valence electrons. The van der Waals surface area contributed by atoms with Crippen molar-refractivity contribution in [2.24, 2.45) is 0 Å². The molecule has 2 saturated heterocycles. The van der Waals surface area contributed by atoms with Crippen LogP contribution in [0, 0.1) is 0 Å². The van der Waals surface area contributed by atoms with Crippen LogP contribution in [-0.4, -0.2) is 53.6 Å². The van der Waals surface area contributed by atoms with Gasteiger partial charge < -0.3 is 9.80 Å². The van der Waals surface area contributed by atoms with Gasteiger partial charge in [-0.15, -0.1) is 0 Å². The number of fused-ring (bicyclic) bond motifs is 2. The molecule has 2 fully saturated rings. The van der Waals surface area contributed by atoms with Gasteiger partial charge in [0.05, 0.1) is 10.8 Å². The summed E-state index contributed by atoms with van der Waals surface area (Å²) in [5.74, 6) is 0.284. The SMILES string of the molecule is CCCC(=O)N1CC2(c3ccccc3)CN(C(=O)CCC)CC(c3ccccc3)(C1)C2=O. The van der Waals surface area contributed by atoms with Crippen LogP contribution in [-0.2, 0) is 25.2 Å². The van der Waals surface area contributed by atoms with Crippen molar-refractivity contribution in [3.8, 4) is 0 Å². The number of hydrogen-bond donors (Lipinski definition) is 0. The van der Waals surface area contributed by atoms with Gasteiger partial charge in [0.2, 0.25) is 11.8 Å². The highest BCUT2D eigenvalue weighted by Crippen LogP contribution is 2.46. The first-order valence-corrected chi connectivity index (χ1v) is 11.7. The number of likely N-dealkylation sites (tertiary alicyclic amines) is 2. The van der Waals surface area contributed by atoms with Gasteiger partial charge in [-0.1, -0.05) is 74.5 Å². The molecule has 2 amide bonds. The third-order valence-electron chi connectivity index (χ3n) is 7.00. The van der Waals surface area contributed by atoms with E-state index in [1.54, 1.807) is 0 Å². The first-order valence-electron chi connectivity index (χ1n) is 11.7. The minimum atomic E-state index is -0.930. The highest BCUT2D eigenvalue weighted by Gasteiger charge is 2.62. The Bertz CT molecular complexity index is 895. The molecule has 2 aliphatic heterocycles. The van der Waals surface area contributed by atoms with Crippen molar-refractivity contribution >= 4 is 17.6 Å². The van der Waals surface area contributed by atoms with E-state index in [1.807, 2.05) is 84.3 Å². The molecule has 0 radical (unpaired) electrons. The second-order valence-corrected chi connectivity index (χ2v) is 9.22. The van der Waals surface area contributed by atoms with E-state index in [9.17, 15) is 14.4 Å². The molecule has 0 N–H and O–H groups in total. The van der Waals surface area contributed by atoms with E-state index in [-0.39, 0.29) is 17.6 Å². The van der Waals surface area contributed by atoms with Crippen LogP contribution >= 0.6 is 0 Å². The standard InChI is InChI=1S/C27H32N2O3/c1-3-11-23(30)28-17-26(21-13-7-5-8-14-21)19-29(24(31)12-4-2)20-27(18-28,25(26)32)22-15-9-6-10-16-22/h5-10,13-16H,3-4,11-12,17-20H2,1-2H3. The second-order valence-electron chi connectivity index (χ2n) is 9.22. The highest BCUT2D eigenvalue weighted by atomic mass is 16.2. The lowest BCUT2D eigenvalue weighted by Crippen LogP contribution is -2.74. The van der Waals surface area contributed by atoms with Crippen LogP contribution < -0.4 is 0 Å². The maximum absolute atomic E-state index is 14.4. The van der Waals surface area contributed by atoms with Gasteiger partial charge in [-0.05, 0) is 24.0 Å². The van der Waals surface area contributed by atoms with E-state index in [2.05, 4.69) is 0 Å². The number of carbonyl (C=O) groups is 3. The largest absolute Gasteiger partial charge is 0.340 e. The number of amides is 2. The zero-order chi connectivity index (χ0) is 22.8. The van der Waals surface area contributed by atoms with E-state index in [0.717, 1.165) is 24.0 Å². The molecule has 2 heterocycles. The third-order valence-corrected chi connectivity index (χ3v) is 7.00. The van der Waals surface area contributed by atoms with Crippen LogP contribution in [0.1, 0.15) is 50.7 Å². The van der Waals surface area contributed by atoms with Crippen LogP contribution in [0.15, 0.2) is 60.7 Å². The summed E-state index contributed by atoms with van der Waals surface area (Å²) >= 11 is 0. The summed E-state index contributed by atoms with van der Waals surface area (Å²) in [5.41, 5.74) is -0.0949. The van der Waals surface area contributed by atoms with Gasteiger partial charge in [-0.25, -0.2) is 0 Å². The predicted octanol–water partition coefficient (Wildman–Crippen LogP) is 3.72. The minimum absolute atomic E-state index is 0.0777. The van der Waals surface area contributed by atoms with Gasteiger partial charge in [-0.3, -0.25) is 14.4 Å². The summed E-state index contributed by atoms with van der Waals surface area (Å²) in [5, 5.41) is 0. The quantitative estimate of drug-likeness (QED) is 0.699. The van der Waals surface area contributed by atoms with Gasteiger partial charge >= 0.3 is 0 Å². The molecular formula is C27H32N2O3. The lowest BCUT2D eigenvalue weighted by molar-refractivity contribution is -0.155. The van der Waals surface area contributed by atoms with Crippen molar-refractivity contribution in [3.63, 3.8) is 0 Å². The molecule has 0 aromatic heterocycles. The Balaban J connectivity index is 1.91. The lowest BCUT2D eigenvalue weighted by Gasteiger charge is -2.57.